The van der Waals surface area contributed by atoms with Gasteiger partial charge in [0.05, 0.1) is 0 Å². The Balaban J connectivity index is 1.42. The molecule has 8 heteroatoms. The highest BCUT2D eigenvalue weighted by Gasteiger charge is 2.32. The molecule has 1 aliphatic carbocycles. The molecule has 2 aromatic rings. The van der Waals surface area contributed by atoms with E-state index in [1.54, 1.807) is 6.20 Å². The number of nitrogens with zero attached hydrogens (tertiary/aromatic N) is 3. The molecule has 0 aromatic carbocycles. The number of piperazine rings is 1. The molecule has 1 aliphatic heterocycles. The molecule has 31 heavy (non-hydrogen) atoms. The molecule has 0 saturated carbocycles. The number of carbonyl (C=O) groups is 2. The minimum absolute atomic E-state index is 0.0335. The van der Waals surface area contributed by atoms with Gasteiger partial charge in [-0.2, -0.15) is 0 Å². The second-order valence-corrected chi connectivity index (χ2v) is 9.34. The van der Waals surface area contributed by atoms with Crippen molar-refractivity contribution < 1.29 is 9.59 Å². The first-order chi connectivity index (χ1) is 14.7. The lowest BCUT2D eigenvalue weighted by atomic mass is 9.75. The molecular weight excluding hydrogens is 394 g/mol. The minimum atomic E-state index is -0.496. The van der Waals surface area contributed by atoms with Crippen LogP contribution in [0.4, 0.5) is 5.82 Å². The van der Waals surface area contributed by atoms with Crippen LogP contribution in [-0.2, 0) is 13.0 Å². The summed E-state index contributed by atoms with van der Waals surface area (Å²) in [7, 11) is 2.11. The maximum absolute atomic E-state index is 12.6. The first-order valence-corrected chi connectivity index (χ1v) is 10.7. The average Bonchev–Trinajstić information content (AvgIpc) is 2.72. The molecule has 0 bridgehead atoms. The standard InChI is InChI=1S/C23H29N5O3/c1-23(2)11-18-16(19(29)12-23)10-17(22(31)26-18)21(30)25-14-15-4-5-20(24-13-15)28-8-6-27(3)7-9-28/h4-5,10,13H,6-9,11-12,14H2,1-3H3,(H,25,30)(H,26,31). The smallest absolute Gasteiger partial charge is 0.261 e. The van der Waals surface area contributed by atoms with Gasteiger partial charge >= 0.3 is 0 Å². The number of ketones is 1. The van der Waals surface area contributed by atoms with Gasteiger partial charge in [-0.15, -0.1) is 0 Å². The Labute approximate surface area is 181 Å². The van der Waals surface area contributed by atoms with Crippen molar-refractivity contribution >= 4 is 17.5 Å². The average molecular weight is 424 g/mol. The van der Waals surface area contributed by atoms with Gasteiger partial charge in [-0.05, 0) is 36.6 Å². The SMILES string of the molecule is CN1CCN(c2ccc(CNC(=O)c3cc4c([nH]c3=O)CC(C)(C)CC4=O)cn2)CC1. The van der Waals surface area contributed by atoms with E-state index in [1.807, 2.05) is 26.0 Å². The molecule has 1 saturated heterocycles. The van der Waals surface area contributed by atoms with Gasteiger partial charge in [0.1, 0.15) is 11.4 Å². The summed E-state index contributed by atoms with van der Waals surface area (Å²) in [6.45, 7) is 8.15. The summed E-state index contributed by atoms with van der Waals surface area (Å²) in [6.07, 6.45) is 2.76. The zero-order chi connectivity index (χ0) is 22.2. The van der Waals surface area contributed by atoms with Gasteiger partial charge < -0.3 is 20.1 Å². The van der Waals surface area contributed by atoms with Gasteiger partial charge in [-0.1, -0.05) is 19.9 Å². The van der Waals surface area contributed by atoms with Gasteiger partial charge in [-0.25, -0.2) is 4.98 Å². The van der Waals surface area contributed by atoms with Crippen molar-refractivity contribution in [3.05, 3.63) is 57.1 Å². The van der Waals surface area contributed by atoms with Crippen molar-refractivity contribution in [2.75, 3.05) is 38.1 Å². The number of Topliss-reactive ketones (excluding diaryl/α,β-unsaturated/α-hetero) is 1. The van der Waals surface area contributed by atoms with Crippen molar-refractivity contribution in [3.63, 3.8) is 0 Å². The highest BCUT2D eigenvalue weighted by atomic mass is 16.2. The van der Waals surface area contributed by atoms with E-state index in [2.05, 4.69) is 32.1 Å². The van der Waals surface area contributed by atoms with E-state index in [0.29, 0.717) is 24.1 Å². The summed E-state index contributed by atoms with van der Waals surface area (Å²) in [4.78, 5) is 49.4. The Kier molecular flexibility index (Phi) is 5.66. The quantitative estimate of drug-likeness (QED) is 0.775. The normalized spacial score (nSPS) is 18.5. The molecule has 2 aromatic heterocycles. The summed E-state index contributed by atoms with van der Waals surface area (Å²) in [5, 5.41) is 2.77. The summed E-state index contributed by atoms with van der Waals surface area (Å²) in [6, 6.07) is 5.33. The maximum Gasteiger partial charge on any atom is 0.261 e. The Hall–Kier alpha value is -3.00. The Morgan fingerprint density at radius 1 is 1.16 bits per heavy atom. The third-order valence-electron chi connectivity index (χ3n) is 6.05. The second kappa shape index (κ2) is 8.26. The van der Waals surface area contributed by atoms with E-state index in [0.717, 1.165) is 37.6 Å². The van der Waals surface area contributed by atoms with Gasteiger partial charge in [0.25, 0.3) is 11.5 Å². The largest absolute Gasteiger partial charge is 0.354 e. The Bertz CT molecular complexity index is 1050. The van der Waals surface area contributed by atoms with E-state index in [4.69, 9.17) is 0 Å². The fourth-order valence-corrected chi connectivity index (χ4v) is 4.22. The van der Waals surface area contributed by atoms with Gasteiger partial charge in [0.2, 0.25) is 0 Å². The van der Waals surface area contributed by atoms with Crippen LogP contribution in [0.5, 0.6) is 0 Å². The van der Waals surface area contributed by atoms with Crippen LogP contribution < -0.4 is 15.8 Å². The molecule has 0 radical (unpaired) electrons. The number of likely N-dealkylation sites (N-methyl/N-ethyl adjacent to an activating group) is 1. The lowest BCUT2D eigenvalue weighted by Crippen LogP contribution is -2.44. The van der Waals surface area contributed by atoms with E-state index in [9.17, 15) is 14.4 Å². The number of anilines is 1. The summed E-state index contributed by atoms with van der Waals surface area (Å²) in [5.74, 6) is 0.390. The topological polar surface area (TPSA) is 98.4 Å². The molecule has 164 valence electrons. The molecule has 0 spiro atoms. The summed E-state index contributed by atoms with van der Waals surface area (Å²) < 4.78 is 0. The van der Waals surface area contributed by atoms with E-state index in [1.165, 1.54) is 6.07 Å². The Morgan fingerprint density at radius 2 is 1.90 bits per heavy atom. The molecule has 1 fully saturated rings. The molecule has 0 atom stereocenters. The van der Waals surface area contributed by atoms with Crippen LogP contribution in [0.2, 0.25) is 0 Å². The first kappa shape index (κ1) is 21.2. The number of fused-ring (bicyclic) bond motifs is 1. The number of H-pyrrole nitrogens is 1. The molecule has 2 N–H and O–H groups in total. The number of carbonyl (C=O) groups excluding carboxylic acids is 2. The molecule has 3 heterocycles. The summed E-state index contributed by atoms with van der Waals surface area (Å²) >= 11 is 0. The molecule has 2 aliphatic rings. The number of hydrogen-bond donors (Lipinski definition) is 2. The van der Waals surface area contributed by atoms with Crippen molar-refractivity contribution in [3.8, 4) is 0 Å². The molecular formula is C23H29N5O3. The van der Waals surface area contributed by atoms with Gasteiger partial charge in [0, 0.05) is 56.6 Å². The van der Waals surface area contributed by atoms with Crippen molar-refractivity contribution in [2.24, 2.45) is 5.41 Å². The third-order valence-corrected chi connectivity index (χ3v) is 6.05. The zero-order valence-electron chi connectivity index (χ0n) is 18.3. The number of aromatic nitrogens is 2. The predicted octanol–water partition coefficient (Wildman–Crippen LogP) is 1.61. The third kappa shape index (κ3) is 4.69. The molecule has 0 unspecified atom stereocenters. The van der Waals surface area contributed by atoms with Crippen LogP contribution in [0.25, 0.3) is 0 Å². The van der Waals surface area contributed by atoms with Crippen molar-refractivity contribution in [1.29, 1.82) is 0 Å². The number of nitrogens with one attached hydrogen (secondary N) is 2. The predicted molar refractivity (Wildman–Crippen MR) is 119 cm³/mol. The fraction of sp³-hybridized carbons (Fsp3) is 0.478. The van der Waals surface area contributed by atoms with Gasteiger partial charge in [0.15, 0.2) is 5.78 Å². The lowest BCUT2D eigenvalue weighted by molar-refractivity contribution is 0.0910. The second-order valence-electron chi connectivity index (χ2n) is 9.34. The van der Waals surface area contributed by atoms with Crippen LogP contribution in [0, 0.1) is 5.41 Å². The number of pyridine rings is 2. The van der Waals surface area contributed by atoms with Crippen LogP contribution in [0.3, 0.4) is 0 Å². The van der Waals surface area contributed by atoms with E-state index < -0.39 is 11.5 Å². The maximum atomic E-state index is 12.6. The van der Waals surface area contributed by atoms with E-state index >= 15 is 0 Å². The van der Waals surface area contributed by atoms with Crippen molar-refractivity contribution in [2.45, 2.75) is 33.2 Å². The van der Waals surface area contributed by atoms with Gasteiger partial charge in [-0.3, -0.25) is 14.4 Å². The zero-order valence-corrected chi connectivity index (χ0v) is 18.3. The van der Waals surface area contributed by atoms with Crippen LogP contribution >= 0.6 is 0 Å². The monoisotopic (exact) mass is 423 g/mol. The van der Waals surface area contributed by atoms with Crippen LogP contribution in [0.1, 0.15) is 52.2 Å². The molecule has 8 nitrogen and oxygen atoms in total. The van der Waals surface area contributed by atoms with Crippen LogP contribution in [-0.4, -0.2) is 59.8 Å². The van der Waals surface area contributed by atoms with Crippen molar-refractivity contribution in [1.82, 2.24) is 20.2 Å². The number of rotatable bonds is 4. The summed E-state index contributed by atoms with van der Waals surface area (Å²) in [5.41, 5.74) is 1.21. The fourth-order valence-electron chi connectivity index (χ4n) is 4.22. The van der Waals surface area contributed by atoms with E-state index in [-0.39, 0.29) is 23.3 Å². The highest BCUT2D eigenvalue weighted by Crippen LogP contribution is 2.33. The number of aromatic amines is 1. The molecule has 1 amide bonds. The first-order valence-electron chi connectivity index (χ1n) is 10.7. The lowest BCUT2D eigenvalue weighted by Gasteiger charge is -2.33. The van der Waals surface area contributed by atoms with Crippen LogP contribution in [0.15, 0.2) is 29.2 Å². The highest BCUT2D eigenvalue weighted by molar-refractivity contribution is 6.02. The number of hydrogen-bond acceptors (Lipinski definition) is 6. The Morgan fingerprint density at radius 3 is 2.58 bits per heavy atom. The number of amides is 1. The minimum Gasteiger partial charge on any atom is -0.354 e. The molecule has 4 rings (SSSR count).